The number of rotatable bonds is 4. The summed E-state index contributed by atoms with van der Waals surface area (Å²) < 4.78 is 0. The molecule has 0 unspecified atom stereocenters. The van der Waals surface area contributed by atoms with E-state index in [1.54, 1.807) is 6.07 Å². The molecule has 1 fully saturated rings. The number of aromatic nitrogens is 1. The highest BCUT2D eigenvalue weighted by atomic mass is 16.6. The number of nitrogens with zero attached hydrogens (tertiary/aromatic N) is 4. The maximum atomic E-state index is 10.6. The lowest BCUT2D eigenvalue weighted by Gasteiger charge is -2.30. The molecule has 0 bridgehead atoms. The number of nitro groups is 2. The molecule has 1 aromatic rings. The van der Waals surface area contributed by atoms with Crippen molar-refractivity contribution in [2.75, 3.05) is 13.1 Å². The zero-order chi connectivity index (χ0) is 14.5. The van der Waals surface area contributed by atoms with Gasteiger partial charge in [0.05, 0.1) is 4.92 Å². The molecular weight excluding hydrogens is 266 g/mol. The van der Waals surface area contributed by atoms with Crippen LogP contribution in [0.15, 0.2) is 30.4 Å². The lowest BCUT2D eigenvalue weighted by molar-refractivity contribution is -0.405. The minimum Gasteiger partial charge on any atom is -0.367 e. The van der Waals surface area contributed by atoms with Crippen LogP contribution >= 0.6 is 0 Å². The largest absolute Gasteiger partial charge is 0.367 e. The number of nitrogens with one attached hydrogen (secondary N) is 1. The average Bonchev–Trinajstić information content (AvgIpc) is 2.41. The van der Waals surface area contributed by atoms with Crippen LogP contribution in [0.3, 0.4) is 0 Å². The molecule has 0 spiro atoms. The Labute approximate surface area is 114 Å². The van der Waals surface area contributed by atoms with Gasteiger partial charge in [-0.2, -0.15) is 0 Å². The molecule has 2 heterocycles. The van der Waals surface area contributed by atoms with E-state index in [0.717, 1.165) is 18.2 Å². The minimum atomic E-state index is -0.565. The second-order valence-electron chi connectivity index (χ2n) is 4.28. The van der Waals surface area contributed by atoms with E-state index in [0.29, 0.717) is 25.5 Å². The van der Waals surface area contributed by atoms with E-state index in [2.05, 4.69) is 10.3 Å². The van der Waals surface area contributed by atoms with Crippen LogP contribution in [-0.4, -0.2) is 32.8 Å². The van der Waals surface area contributed by atoms with E-state index in [4.69, 9.17) is 0 Å². The maximum absolute atomic E-state index is 10.6. The molecule has 1 N–H and O–H groups in total. The molecule has 1 saturated heterocycles. The minimum absolute atomic E-state index is 0.216. The quantitative estimate of drug-likeness (QED) is 0.642. The van der Waals surface area contributed by atoms with Crippen molar-refractivity contribution in [2.24, 2.45) is 0 Å². The van der Waals surface area contributed by atoms with Gasteiger partial charge in [0.1, 0.15) is 6.20 Å². The summed E-state index contributed by atoms with van der Waals surface area (Å²) >= 11 is 0. The molecule has 0 radical (unpaired) electrons. The first kappa shape index (κ1) is 13.7. The van der Waals surface area contributed by atoms with Gasteiger partial charge in [0.15, 0.2) is 5.82 Å². The third-order valence-corrected chi connectivity index (χ3v) is 2.85. The molecule has 0 saturated carbocycles. The molecule has 0 aromatic carbocycles. The van der Waals surface area contributed by atoms with Crippen LogP contribution < -0.4 is 5.32 Å². The Morgan fingerprint density at radius 3 is 2.80 bits per heavy atom. The fourth-order valence-electron chi connectivity index (χ4n) is 1.95. The SMILES string of the molecule is O=[N+]([O-])C=C1NCCCN1Cc1ccc([N+](=O)[O-])nc1. The predicted octanol–water partition coefficient (Wildman–Crippen LogP) is 0.861. The van der Waals surface area contributed by atoms with Crippen molar-refractivity contribution < 1.29 is 9.85 Å². The molecule has 1 aromatic heterocycles. The Bertz CT molecular complexity index is 542. The van der Waals surface area contributed by atoms with Gasteiger partial charge in [-0.3, -0.25) is 10.1 Å². The van der Waals surface area contributed by atoms with Crippen molar-refractivity contribution in [2.45, 2.75) is 13.0 Å². The summed E-state index contributed by atoms with van der Waals surface area (Å²) in [6.45, 7) is 1.79. The van der Waals surface area contributed by atoms with E-state index in [-0.39, 0.29) is 5.82 Å². The van der Waals surface area contributed by atoms with E-state index in [1.165, 1.54) is 12.3 Å². The molecule has 9 heteroatoms. The van der Waals surface area contributed by atoms with Crippen molar-refractivity contribution in [3.8, 4) is 0 Å². The zero-order valence-electron chi connectivity index (χ0n) is 10.6. The summed E-state index contributed by atoms with van der Waals surface area (Å²) in [7, 11) is 0. The lowest BCUT2D eigenvalue weighted by Crippen LogP contribution is -2.39. The standard InChI is InChI=1S/C11H13N5O4/c17-15(18)8-11-12-4-1-5-14(11)7-9-2-3-10(13-6-9)16(19)20/h2-3,6,8,12H,1,4-5,7H2. The number of hydrogen-bond donors (Lipinski definition) is 1. The van der Waals surface area contributed by atoms with E-state index in [1.807, 2.05) is 4.90 Å². The van der Waals surface area contributed by atoms with Crippen LogP contribution in [0.25, 0.3) is 0 Å². The van der Waals surface area contributed by atoms with Crippen LogP contribution in [0.1, 0.15) is 12.0 Å². The van der Waals surface area contributed by atoms with Gasteiger partial charge < -0.3 is 20.3 Å². The monoisotopic (exact) mass is 279 g/mol. The Hall–Kier alpha value is -2.71. The van der Waals surface area contributed by atoms with Gasteiger partial charge in [0, 0.05) is 31.3 Å². The maximum Gasteiger partial charge on any atom is 0.363 e. The molecule has 106 valence electrons. The van der Waals surface area contributed by atoms with Crippen LogP contribution in [0, 0.1) is 20.2 Å². The number of pyridine rings is 1. The summed E-state index contributed by atoms with van der Waals surface area (Å²) in [5.74, 6) is 0.228. The van der Waals surface area contributed by atoms with E-state index >= 15 is 0 Å². The topological polar surface area (TPSA) is 114 Å². The summed E-state index contributed by atoms with van der Waals surface area (Å²) in [5, 5.41) is 24.0. The molecule has 9 nitrogen and oxygen atoms in total. The Morgan fingerprint density at radius 2 is 2.20 bits per heavy atom. The normalized spacial score (nSPS) is 16.8. The Balaban J connectivity index is 2.10. The summed E-state index contributed by atoms with van der Waals surface area (Å²) in [4.78, 5) is 25.5. The van der Waals surface area contributed by atoms with Crippen LogP contribution in [-0.2, 0) is 6.54 Å². The summed E-state index contributed by atoms with van der Waals surface area (Å²) in [6, 6.07) is 2.92. The van der Waals surface area contributed by atoms with Gasteiger partial charge in [-0.1, -0.05) is 0 Å². The third kappa shape index (κ3) is 3.40. The summed E-state index contributed by atoms with van der Waals surface area (Å²) in [6.07, 6.45) is 3.21. The fourth-order valence-corrected chi connectivity index (χ4v) is 1.95. The molecule has 1 aliphatic rings. The van der Waals surface area contributed by atoms with Crippen molar-refractivity contribution in [1.29, 1.82) is 0 Å². The van der Waals surface area contributed by atoms with E-state index < -0.39 is 9.85 Å². The van der Waals surface area contributed by atoms with Gasteiger partial charge in [-0.25, -0.2) is 0 Å². The van der Waals surface area contributed by atoms with Crippen molar-refractivity contribution in [3.05, 3.63) is 56.1 Å². The third-order valence-electron chi connectivity index (χ3n) is 2.85. The zero-order valence-corrected chi connectivity index (χ0v) is 10.6. The predicted molar refractivity (Wildman–Crippen MR) is 69.0 cm³/mol. The van der Waals surface area contributed by atoms with E-state index in [9.17, 15) is 20.2 Å². The molecule has 2 rings (SSSR count). The highest BCUT2D eigenvalue weighted by Gasteiger charge is 2.18. The number of hydrogen-bond acceptors (Lipinski definition) is 7. The van der Waals surface area contributed by atoms with Crippen molar-refractivity contribution >= 4 is 5.82 Å². The molecule has 0 aliphatic carbocycles. The smallest absolute Gasteiger partial charge is 0.363 e. The second kappa shape index (κ2) is 5.95. The van der Waals surface area contributed by atoms with Gasteiger partial charge in [-0.15, -0.1) is 0 Å². The van der Waals surface area contributed by atoms with Crippen LogP contribution in [0.5, 0.6) is 0 Å². The molecule has 1 aliphatic heterocycles. The molecular formula is C11H13N5O4. The molecule has 0 atom stereocenters. The first-order valence-corrected chi connectivity index (χ1v) is 6.00. The van der Waals surface area contributed by atoms with Crippen LogP contribution in [0.4, 0.5) is 5.82 Å². The molecule has 0 amide bonds. The fraction of sp³-hybridized carbons (Fsp3) is 0.364. The van der Waals surface area contributed by atoms with Gasteiger partial charge in [0.25, 0.3) is 6.20 Å². The summed E-state index contributed by atoms with van der Waals surface area (Å²) in [5.41, 5.74) is 0.758. The first-order valence-electron chi connectivity index (χ1n) is 6.00. The molecule has 20 heavy (non-hydrogen) atoms. The Morgan fingerprint density at radius 1 is 1.40 bits per heavy atom. The van der Waals surface area contributed by atoms with Gasteiger partial charge in [0.2, 0.25) is 0 Å². The lowest BCUT2D eigenvalue weighted by atomic mass is 10.2. The van der Waals surface area contributed by atoms with Gasteiger partial charge in [-0.05, 0) is 22.4 Å². The second-order valence-corrected chi connectivity index (χ2v) is 4.28. The highest BCUT2D eigenvalue weighted by molar-refractivity contribution is 5.23. The first-order chi connectivity index (χ1) is 9.56. The van der Waals surface area contributed by atoms with Crippen molar-refractivity contribution in [1.82, 2.24) is 15.2 Å². The average molecular weight is 279 g/mol. The van der Waals surface area contributed by atoms with Gasteiger partial charge >= 0.3 is 5.82 Å². The van der Waals surface area contributed by atoms with Crippen molar-refractivity contribution in [3.63, 3.8) is 0 Å². The van der Waals surface area contributed by atoms with Crippen LogP contribution in [0.2, 0.25) is 0 Å². The highest BCUT2D eigenvalue weighted by Crippen LogP contribution is 2.14. The Kier molecular flexibility index (Phi) is 4.08.